The van der Waals surface area contributed by atoms with E-state index in [0.717, 1.165) is 55.0 Å². The highest BCUT2D eigenvalue weighted by molar-refractivity contribution is 6.62. The monoisotopic (exact) mass is 453 g/mol. The maximum Gasteiger partial charge on any atom is 0.492 e. The highest BCUT2D eigenvalue weighted by atomic mass is 16.4. The maximum absolute atomic E-state index is 10.4. The van der Waals surface area contributed by atoms with Gasteiger partial charge in [0.15, 0.2) is 0 Å². The average Bonchev–Trinajstić information content (AvgIpc) is 3.44. The predicted octanol–water partition coefficient (Wildman–Crippen LogP) is 6.03. The second kappa shape index (κ2) is 7.60. The summed E-state index contributed by atoms with van der Waals surface area (Å²) in [5.74, 6) is 0. The quantitative estimate of drug-likeness (QED) is 0.321. The number of fused-ring (bicyclic) bond motifs is 6. The van der Waals surface area contributed by atoms with Gasteiger partial charge in [-0.1, -0.05) is 84.9 Å². The lowest BCUT2D eigenvalue weighted by molar-refractivity contribution is 0.425. The molecular formula is C30H20BNO3. The first kappa shape index (κ1) is 20.1. The van der Waals surface area contributed by atoms with Gasteiger partial charge in [-0.15, -0.1) is 0 Å². The van der Waals surface area contributed by atoms with E-state index in [2.05, 4.69) is 34.9 Å². The van der Waals surface area contributed by atoms with Crippen molar-refractivity contribution < 1.29 is 14.5 Å². The van der Waals surface area contributed by atoms with Crippen LogP contribution < -0.4 is 5.46 Å². The molecule has 0 atom stereocenters. The summed E-state index contributed by atoms with van der Waals surface area (Å²) in [7, 11) is -1.67. The minimum Gasteiger partial charge on any atom is -0.456 e. The third kappa shape index (κ3) is 2.96. The molecule has 35 heavy (non-hydrogen) atoms. The molecule has 0 saturated heterocycles. The minimum absolute atomic E-state index is 0.342. The van der Waals surface area contributed by atoms with Crippen LogP contribution in [0.1, 0.15) is 0 Å². The first-order valence-corrected chi connectivity index (χ1v) is 11.6. The molecule has 5 aromatic carbocycles. The van der Waals surface area contributed by atoms with E-state index in [1.165, 1.54) is 0 Å². The molecule has 5 heteroatoms. The summed E-state index contributed by atoms with van der Waals surface area (Å²) in [5, 5.41) is 24.8. The van der Waals surface area contributed by atoms with Gasteiger partial charge >= 0.3 is 7.12 Å². The Morgan fingerprint density at radius 3 is 1.89 bits per heavy atom. The van der Waals surface area contributed by atoms with Crippen LogP contribution in [0.5, 0.6) is 0 Å². The van der Waals surface area contributed by atoms with Crippen molar-refractivity contribution in [2.24, 2.45) is 0 Å². The van der Waals surface area contributed by atoms with Gasteiger partial charge in [-0.3, -0.25) is 0 Å². The number of benzene rings is 5. The fourth-order valence-electron chi connectivity index (χ4n) is 5.28. The molecule has 0 bridgehead atoms. The van der Waals surface area contributed by atoms with Crippen LogP contribution in [0.4, 0.5) is 0 Å². The first-order chi connectivity index (χ1) is 17.2. The van der Waals surface area contributed by atoms with E-state index >= 15 is 0 Å². The van der Waals surface area contributed by atoms with Gasteiger partial charge in [0, 0.05) is 38.3 Å². The molecule has 0 spiro atoms. The molecule has 4 nitrogen and oxygen atoms in total. The van der Waals surface area contributed by atoms with Crippen LogP contribution in [0.25, 0.3) is 60.6 Å². The SMILES string of the molecule is OB(O)c1cc(-n2c3ccccc3c3ccccc32)cc2c1oc1c(-c3ccccc3)cccc12. The topological polar surface area (TPSA) is 58.5 Å². The number of hydrogen-bond acceptors (Lipinski definition) is 3. The fourth-order valence-corrected chi connectivity index (χ4v) is 5.28. The van der Waals surface area contributed by atoms with Crippen LogP contribution in [0.2, 0.25) is 0 Å². The predicted molar refractivity (Wildman–Crippen MR) is 143 cm³/mol. The summed E-state index contributed by atoms with van der Waals surface area (Å²) in [6.07, 6.45) is 0. The van der Waals surface area contributed by atoms with E-state index in [0.29, 0.717) is 11.0 Å². The summed E-state index contributed by atoms with van der Waals surface area (Å²) < 4.78 is 8.52. The second-order valence-electron chi connectivity index (χ2n) is 8.81. The Hall–Kier alpha value is -4.32. The molecule has 0 aliphatic heterocycles. The summed E-state index contributed by atoms with van der Waals surface area (Å²) in [4.78, 5) is 0. The number of para-hydroxylation sites is 3. The van der Waals surface area contributed by atoms with Crippen LogP contribution in [0.15, 0.2) is 114 Å². The molecule has 2 heterocycles. The third-order valence-electron chi connectivity index (χ3n) is 6.81. The molecular weight excluding hydrogens is 433 g/mol. The van der Waals surface area contributed by atoms with Crippen molar-refractivity contribution in [3.05, 3.63) is 109 Å². The molecule has 0 saturated carbocycles. The lowest BCUT2D eigenvalue weighted by Gasteiger charge is -2.11. The minimum atomic E-state index is -1.67. The lowest BCUT2D eigenvalue weighted by Crippen LogP contribution is -2.30. The normalized spacial score (nSPS) is 11.7. The molecule has 7 aromatic rings. The second-order valence-corrected chi connectivity index (χ2v) is 8.81. The number of hydrogen-bond donors (Lipinski definition) is 2. The average molecular weight is 453 g/mol. The van der Waals surface area contributed by atoms with Gasteiger partial charge in [0.05, 0.1) is 11.0 Å². The molecule has 0 fully saturated rings. The molecule has 2 aromatic heterocycles. The number of aromatic nitrogens is 1. The molecule has 7 rings (SSSR count). The van der Waals surface area contributed by atoms with Crippen molar-refractivity contribution in [1.29, 1.82) is 0 Å². The summed E-state index contributed by atoms with van der Waals surface area (Å²) >= 11 is 0. The molecule has 2 N–H and O–H groups in total. The largest absolute Gasteiger partial charge is 0.492 e. The zero-order valence-corrected chi connectivity index (χ0v) is 18.7. The van der Waals surface area contributed by atoms with Crippen molar-refractivity contribution in [2.75, 3.05) is 0 Å². The van der Waals surface area contributed by atoms with Crippen LogP contribution >= 0.6 is 0 Å². The van der Waals surface area contributed by atoms with Crippen LogP contribution in [-0.2, 0) is 0 Å². The maximum atomic E-state index is 10.4. The lowest BCUT2D eigenvalue weighted by atomic mass is 9.79. The Bertz CT molecular complexity index is 1830. The zero-order valence-electron chi connectivity index (χ0n) is 18.7. The summed E-state index contributed by atoms with van der Waals surface area (Å²) in [6, 6.07) is 36.6. The van der Waals surface area contributed by atoms with Crippen molar-refractivity contribution in [3.63, 3.8) is 0 Å². The Kier molecular flexibility index (Phi) is 4.36. The summed E-state index contributed by atoms with van der Waals surface area (Å²) in [5.41, 5.74) is 6.55. The third-order valence-corrected chi connectivity index (χ3v) is 6.81. The molecule has 166 valence electrons. The van der Waals surface area contributed by atoms with Gasteiger partial charge in [0.25, 0.3) is 0 Å². The van der Waals surface area contributed by atoms with Crippen molar-refractivity contribution in [1.82, 2.24) is 4.57 Å². The highest BCUT2D eigenvalue weighted by Crippen LogP contribution is 2.38. The summed E-state index contributed by atoms with van der Waals surface area (Å²) in [6.45, 7) is 0. The first-order valence-electron chi connectivity index (χ1n) is 11.6. The van der Waals surface area contributed by atoms with Crippen LogP contribution in [0, 0.1) is 0 Å². The van der Waals surface area contributed by atoms with Gasteiger partial charge in [-0.25, -0.2) is 0 Å². The van der Waals surface area contributed by atoms with E-state index in [1.807, 2.05) is 78.9 Å². The molecule has 0 unspecified atom stereocenters. The van der Waals surface area contributed by atoms with E-state index in [9.17, 15) is 10.0 Å². The molecule has 0 aliphatic carbocycles. The van der Waals surface area contributed by atoms with Crippen molar-refractivity contribution >= 4 is 56.3 Å². The van der Waals surface area contributed by atoms with Crippen molar-refractivity contribution in [3.8, 4) is 16.8 Å². The number of nitrogens with zero attached hydrogens (tertiary/aromatic N) is 1. The number of rotatable bonds is 3. The van der Waals surface area contributed by atoms with Gasteiger partial charge in [0.2, 0.25) is 0 Å². The number of furan rings is 1. The highest BCUT2D eigenvalue weighted by Gasteiger charge is 2.23. The zero-order chi connectivity index (χ0) is 23.5. The van der Waals surface area contributed by atoms with E-state index in [4.69, 9.17) is 4.42 Å². The smallest absolute Gasteiger partial charge is 0.456 e. The van der Waals surface area contributed by atoms with Gasteiger partial charge in [-0.2, -0.15) is 0 Å². The van der Waals surface area contributed by atoms with Gasteiger partial charge < -0.3 is 19.0 Å². The van der Waals surface area contributed by atoms with Gasteiger partial charge in [0.1, 0.15) is 11.2 Å². The van der Waals surface area contributed by atoms with Crippen molar-refractivity contribution in [2.45, 2.75) is 0 Å². The Morgan fingerprint density at radius 1 is 0.571 bits per heavy atom. The standard InChI is InChI=1S/C30H20BNO3/c33-31(34)26-18-20(32-27-15-6-4-11-22(27)23-12-5-7-16-28(23)32)17-25-24-14-8-13-21(29(24)35-30(25)26)19-9-2-1-3-10-19/h1-18,33-34H. The molecule has 0 aliphatic rings. The van der Waals surface area contributed by atoms with Gasteiger partial charge in [-0.05, 0) is 29.8 Å². The van der Waals surface area contributed by atoms with E-state index in [-0.39, 0.29) is 0 Å². The Morgan fingerprint density at radius 2 is 1.20 bits per heavy atom. The molecule has 0 amide bonds. The Labute approximate surface area is 201 Å². The Balaban J connectivity index is 1.60. The molecule has 0 radical (unpaired) electrons. The van der Waals surface area contributed by atoms with E-state index < -0.39 is 7.12 Å². The van der Waals surface area contributed by atoms with Crippen LogP contribution in [0.3, 0.4) is 0 Å². The van der Waals surface area contributed by atoms with Crippen LogP contribution in [-0.4, -0.2) is 21.7 Å². The van der Waals surface area contributed by atoms with E-state index in [1.54, 1.807) is 0 Å². The fraction of sp³-hybridized carbons (Fsp3) is 0.